The van der Waals surface area contributed by atoms with Gasteiger partial charge in [-0.1, -0.05) is 23.7 Å². The molecule has 0 aliphatic rings. The Morgan fingerprint density at radius 3 is 2.65 bits per heavy atom. The van der Waals surface area contributed by atoms with Crippen LogP contribution in [0.5, 0.6) is 5.75 Å². The van der Waals surface area contributed by atoms with Crippen LogP contribution in [0.25, 0.3) is 0 Å². The number of hydrogen-bond donors (Lipinski definition) is 1. The number of aryl methyl sites for hydroxylation is 1. The first-order valence-corrected chi connectivity index (χ1v) is 5.35. The van der Waals surface area contributed by atoms with Gasteiger partial charge in [-0.25, -0.2) is 4.79 Å². The Kier molecular flexibility index (Phi) is 3.06. The van der Waals surface area contributed by atoms with Gasteiger partial charge in [0.05, 0.1) is 5.02 Å². The van der Waals surface area contributed by atoms with Crippen LogP contribution in [0.4, 0.5) is 5.82 Å². The van der Waals surface area contributed by atoms with Crippen LogP contribution in [0.2, 0.25) is 5.02 Å². The maximum atomic E-state index is 11.8. The number of nitrogens with two attached hydrogens (primary N) is 1. The molecule has 0 radical (unpaired) electrons. The van der Waals surface area contributed by atoms with Crippen LogP contribution >= 0.6 is 11.6 Å². The molecule has 1 aromatic carbocycles. The highest BCUT2D eigenvalue weighted by atomic mass is 35.5. The number of rotatable bonds is 2. The molecule has 2 N–H and O–H groups in total. The summed E-state index contributed by atoms with van der Waals surface area (Å²) in [6.45, 7) is 0. The second kappa shape index (κ2) is 4.51. The van der Waals surface area contributed by atoms with Gasteiger partial charge in [0, 0.05) is 13.2 Å². The summed E-state index contributed by atoms with van der Waals surface area (Å²) >= 11 is 5.89. The molecule has 0 unspecified atom stereocenters. The summed E-state index contributed by atoms with van der Waals surface area (Å²) < 4.78 is 6.80. The predicted molar refractivity (Wildman–Crippen MR) is 66.2 cm³/mol. The van der Waals surface area contributed by atoms with E-state index in [-0.39, 0.29) is 0 Å². The molecule has 0 saturated carbocycles. The Hall–Kier alpha value is -1.94. The Labute approximate surface area is 104 Å². The van der Waals surface area contributed by atoms with Crippen LogP contribution in [0.15, 0.2) is 36.5 Å². The lowest BCUT2D eigenvalue weighted by Crippen LogP contribution is -2.11. The maximum Gasteiger partial charge on any atom is 0.347 e. The molecule has 17 heavy (non-hydrogen) atoms. The smallest absolute Gasteiger partial charge is 0.347 e. The molecule has 2 rings (SSSR count). The summed E-state index contributed by atoms with van der Waals surface area (Å²) in [5.74, 6) is 0.167. The molecule has 0 spiro atoms. The van der Waals surface area contributed by atoms with Gasteiger partial charge in [0.15, 0.2) is 0 Å². The molecule has 0 bridgehead atoms. The molecule has 0 atom stereocenters. The fourth-order valence-electron chi connectivity index (χ4n) is 1.40. The molecule has 0 aliphatic heterocycles. The predicted octanol–water partition coefficient (Wildman–Crippen LogP) is 2.48. The number of para-hydroxylation sites is 1. The van der Waals surface area contributed by atoms with Crippen LogP contribution in [0.3, 0.4) is 0 Å². The normalized spacial score (nSPS) is 10.2. The van der Waals surface area contributed by atoms with Crippen molar-refractivity contribution in [3.8, 4) is 5.75 Å². The molecule has 4 nitrogen and oxygen atoms in total. The third-order valence-corrected chi connectivity index (χ3v) is 2.69. The number of aromatic nitrogens is 1. The van der Waals surface area contributed by atoms with E-state index in [9.17, 15) is 4.79 Å². The number of esters is 1. The second-order valence-electron chi connectivity index (χ2n) is 3.55. The third-order valence-electron chi connectivity index (χ3n) is 2.38. The lowest BCUT2D eigenvalue weighted by molar-refractivity contribution is 0.0736. The van der Waals surface area contributed by atoms with Crippen molar-refractivity contribution in [2.45, 2.75) is 0 Å². The molecular formula is C12H11ClN2O2. The monoisotopic (exact) mass is 250 g/mol. The van der Waals surface area contributed by atoms with Gasteiger partial charge in [-0.3, -0.25) is 0 Å². The molecule has 0 fully saturated rings. The average Bonchev–Trinajstić information content (AvgIpc) is 2.63. The fraction of sp³-hybridized carbons (Fsp3) is 0.0833. The maximum absolute atomic E-state index is 11.8. The number of hydrogen-bond acceptors (Lipinski definition) is 3. The van der Waals surface area contributed by atoms with Crippen molar-refractivity contribution < 1.29 is 9.53 Å². The molecule has 1 aromatic heterocycles. The van der Waals surface area contributed by atoms with Gasteiger partial charge in [-0.05, 0) is 18.2 Å². The summed E-state index contributed by atoms with van der Waals surface area (Å²) in [6.07, 6.45) is 1.69. The Morgan fingerprint density at radius 1 is 1.35 bits per heavy atom. The fourth-order valence-corrected chi connectivity index (χ4v) is 1.57. The van der Waals surface area contributed by atoms with Gasteiger partial charge in [0.1, 0.15) is 17.1 Å². The largest absolute Gasteiger partial charge is 0.421 e. The highest BCUT2D eigenvalue weighted by molar-refractivity contribution is 6.32. The Morgan fingerprint density at radius 2 is 2.06 bits per heavy atom. The number of carbonyl (C=O) groups is 1. The molecular weight excluding hydrogens is 240 g/mol. The van der Waals surface area contributed by atoms with Crippen molar-refractivity contribution in [3.05, 3.63) is 47.1 Å². The van der Waals surface area contributed by atoms with E-state index in [1.807, 2.05) is 0 Å². The van der Waals surface area contributed by atoms with Crippen LogP contribution in [-0.2, 0) is 7.05 Å². The van der Waals surface area contributed by atoms with E-state index in [2.05, 4.69) is 0 Å². The number of ether oxygens (including phenoxy) is 1. The van der Waals surface area contributed by atoms with E-state index in [0.29, 0.717) is 22.2 Å². The number of halogens is 1. The summed E-state index contributed by atoms with van der Waals surface area (Å²) in [5, 5.41) is 0.385. The average molecular weight is 251 g/mol. The van der Waals surface area contributed by atoms with Gasteiger partial charge in [0.25, 0.3) is 0 Å². The molecule has 0 aliphatic carbocycles. The lowest BCUT2D eigenvalue weighted by Gasteiger charge is -2.05. The number of nitrogens with zero attached hydrogens (tertiary/aromatic N) is 1. The number of carbonyl (C=O) groups excluding carboxylic acids is 1. The third kappa shape index (κ3) is 2.26. The SMILES string of the molecule is Cn1ccc(C(=O)Oc2ccccc2Cl)c1N. The van der Waals surface area contributed by atoms with Crippen molar-refractivity contribution in [2.75, 3.05) is 5.73 Å². The zero-order chi connectivity index (χ0) is 12.4. The molecule has 0 amide bonds. The minimum Gasteiger partial charge on any atom is -0.421 e. The molecule has 0 saturated heterocycles. The van der Waals surface area contributed by atoms with E-state index < -0.39 is 5.97 Å². The number of anilines is 1. The molecule has 88 valence electrons. The van der Waals surface area contributed by atoms with E-state index in [1.165, 1.54) is 0 Å². The van der Waals surface area contributed by atoms with Gasteiger partial charge < -0.3 is 15.0 Å². The van der Waals surface area contributed by atoms with Crippen molar-refractivity contribution in [1.29, 1.82) is 0 Å². The number of benzene rings is 1. The van der Waals surface area contributed by atoms with Crippen molar-refractivity contribution in [3.63, 3.8) is 0 Å². The Bertz CT molecular complexity index is 563. The van der Waals surface area contributed by atoms with Crippen LogP contribution in [-0.4, -0.2) is 10.5 Å². The van der Waals surface area contributed by atoms with E-state index in [0.717, 1.165) is 0 Å². The van der Waals surface area contributed by atoms with E-state index >= 15 is 0 Å². The molecule has 1 heterocycles. The quantitative estimate of drug-likeness (QED) is 0.658. The summed E-state index contributed by atoms with van der Waals surface area (Å²) in [6, 6.07) is 8.38. The first kappa shape index (κ1) is 11.5. The Balaban J connectivity index is 2.23. The minimum absolute atomic E-state index is 0.322. The van der Waals surface area contributed by atoms with Gasteiger partial charge >= 0.3 is 5.97 Å². The van der Waals surface area contributed by atoms with E-state index in [1.54, 1.807) is 48.1 Å². The first-order valence-electron chi connectivity index (χ1n) is 4.97. The van der Waals surface area contributed by atoms with Crippen molar-refractivity contribution >= 4 is 23.4 Å². The number of nitrogen functional groups attached to an aromatic ring is 1. The molecule has 5 heteroatoms. The highest BCUT2D eigenvalue weighted by Gasteiger charge is 2.15. The first-order chi connectivity index (χ1) is 8.09. The molecule has 2 aromatic rings. The topological polar surface area (TPSA) is 57.2 Å². The summed E-state index contributed by atoms with van der Waals surface area (Å²) in [4.78, 5) is 11.8. The van der Waals surface area contributed by atoms with Gasteiger partial charge in [-0.15, -0.1) is 0 Å². The zero-order valence-electron chi connectivity index (χ0n) is 9.18. The van der Waals surface area contributed by atoms with Crippen molar-refractivity contribution in [1.82, 2.24) is 4.57 Å². The highest BCUT2D eigenvalue weighted by Crippen LogP contribution is 2.25. The van der Waals surface area contributed by atoms with Crippen LogP contribution in [0.1, 0.15) is 10.4 Å². The lowest BCUT2D eigenvalue weighted by atomic mass is 10.3. The minimum atomic E-state index is -0.517. The zero-order valence-corrected chi connectivity index (χ0v) is 9.94. The standard InChI is InChI=1S/C12H11ClN2O2/c1-15-7-6-8(11(15)14)12(16)17-10-5-3-2-4-9(10)13/h2-7H,14H2,1H3. The van der Waals surface area contributed by atoms with Gasteiger partial charge in [-0.2, -0.15) is 0 Å². The summed E-state index contributed by atoms with van der Waals surface area (Å²) in [5.41, 5.74) is 6.05. The summed E-state index contributed by atoms with van der Waals surface area (Å²) in [7, 11) is 1.75. The van der Waals surface area contributed by atoms with Crippen LogP contribution < -0.4 is 10.5 Å². The van der Waals surface area contributed by atoms with Crippen molar-refractivity contribution in [2.24, 2.45) is 7.05 Å². The van der Waals surface area contributed by atoms with E-state index in [4.69, 9.17) is 22.1 Å². The van der Waals surface area contributed by atoms with Crippen LogP contribution in [0, 0.1) is 0 Å². The second-order valence-corrected chi connectivity index (χ2v) is 3.95. The van der Waals surface area contributed by atoms with Gasteiger partial charge in [0.2, 0.25) is 0 Å².